The summed E-state index contributed by atoms with van der Waals surface area (Å²) in [7, 11) is 1.88. The molecule has 10 heteroatoms. The number of anilines is 1. The van der Waals surface area contributed by atoms with Crippen molar-refractivity contribution in [2.75, 3.05) is 12.4 Å². The van der Waals surface area contributed by atoms with Crippen LogP contribution in [0.2, 0.25) is 0 Å². The Labute approximate surface area is 208 Å². The Hall–Kier alpha value is -3.95. The maximum atomic E-state index is 13.4. The lowest BCUT2D eigenvalue weighted by Crippen LogP contribution is -2.38. The fraction of sp³-hybridized carbons (Fsp3) is 0.423. The van der Waals surface area contributed by atoms with Crippen LogP contribution in [0, 0.1) is 0 Å². The minimum Gasteiger partial charge on any atom is -0.490 e. The van der Waals surface area contributed by atoms with Gasteiger partial charge in [-0.2, -0.15) is 10.2 Å². The molecule has 4 aromatic rings. The van der Waals surface area contributed by atoms with Gasteiger partial charge in [0.25, 0.3) is 5.91 Å². The molecule has 0 aliphatic heterocycles. The fourth-order valence-electron chi connectivity index (χ4n) is 4.97. The van der Waals surface area contributed by atoms with Gasteiger partial charge in [-0.1, -0.05) is 0 Å². The zero-order valence-electron chi connectivity index (χ0n) is 20.4. The molecule has 0 radical (unpaired) electrons. The maximum Gasteiger partial charge on any atom is 0.259 e. The van der Waals surface area contributed by atoms with Crippen molar-refractivity contribution < 1.29 is 14.3 Å². The molecule has 0 atom stereocenters. The Balaban J connectivity index is 1.27. The van der Waals surface area contributed by atoms with E-state index in [1.807, 2.05) is 35.0 Å². The van der Waals surface area contributed by atoms with Crippen LogP contribution >= 0.6 is 0 Å². The van der Waals surface area contributed by atoms with Crippen molar-refractivity contribution in [2.45, 2.75) is 63.6 Å². The van der Waals surface area contributed by atoms with Gasteiger partial charge >= 0.3 is 0 Å². The molecule has 2 amide bonds. The summed E-state index contributed by atoms with van der Waals surface area (Å²) in [5.74, 6) is 0.384. The number of amides is 2. The van der Waals surface area contributed by atoms with Gasteiger partial charge in [0.1, 0.15) is 11.4 Å². The van der Waals surface area contributed by atoms with Gasteiger partial charge in [-0.3, -0.25) is 14.3 Å². The summed E-state index contributed by atoms with van der Waals surface area (Å²) in [6.07, 6.45) is 13.0. The van der Waals surface area contributed by atoms with Gasteiger partial charge in [0.2, 0.25) is 5.91 Å². The van der Waals surface area contributed by atoms with E-state index < -0.39 is 0 Å². The van der Waals surface area contributed by atoms with E-state index in [0.29, 0.717) is 22.6 Å². The molecule has 0 saturated heterocycles. The number of rotatable bonds is 6. The van der Waals surface area contributed by atoms with Crippen LogP contribution < -0.4 is 10.1 Å². The molecule has 36 heavy (non-hydrogen) atoms. The first-order valence-electron chi connectivity index (χ1n) is 12.5. The largest absolute Gasteiger partial charge is 0.490 e. The van der Waals surface area contributed by atoms with Gasteiger partial charge < -0.3 is 15.0 Å². The third-order valence-electron chi connectivity index (χ3n) is 7.30. The molecule has 1 N–H and O–H groups in total. The second-order valence-electron chi connectivity index (χ2n) is 9.83. The van der Waals surface area contributed by atoms with Crippen molar-refractivity contribution in [3.05, 3.63) is 48.5 Å². The Bertz CT molecular complexity index is 1450. The molecule has 186 valence electrons. The Morgan fingerprint density at radius 2 is 1.94 bits per heavy atom. The molecule has 3 heterocycles. The number of nitrogens with one attached hydrogen (secondary N) is 1. The number of benzene rings is 1. The van der Waals surface area contributed by atoms with Crippen molar-refractivity contribution in [3.63, 3.8) is 0 Å². The minimum absolute atomic E-state index is 0.108. The van der Waals surface area contributed by atoms with Crippen molar-refractivity contribution in [2.24, 2.45) is 0 Å². The lowest BCUT2D eigenvalue weighted by atomic mass is 9.90. The zero-order chi connectivity index (χ0) is 24.8. The van der Waals surface area contributed by atoms with E-state index in [0.717, 1.165) is 49.4 Å². The summed E-state index contributed by atoms with van der Waals surface area (Å²) >= 11 is 0. The highest BCUT2D eigenvalue weighted by Gasteiger charge is 2.29. The average molecular weight is 488 g/mol. The van der Waals surface area contributed by atoms with E-state index in [-0.39, 0.29) is 30.0 Å². The van der Waals surface area contributed by atoms with E-state index in [2.05, 4.69) is 15.4 Å². The second-order valence-corrected chi connectivity index (χ2v) is 9.83. The van der Waals surface area contributed by atoms with Crippen LogP contribution in [0.5, 0.6) is 5.75 Å². The van der Waals surface area contributed by atoms with Gasteiger partial charge in [-0.05, 0) is 50.7 Å². The average Bonchev–Trinajstić information content (AvgIpc) is 3.46. The number of nitrogens with zero attached hydrogens (tertiary/aromatic N) is 6. The highest BCUT2D eigenvalue weighted by molar-refractivity contribution is 6.09. The van der Waals surface area contributed by atoms with Crippen LogP contribution in [0.4, 0.5) is 5.69 Å². The summed E-state index contributed by atoms with van der Waals surface area (Å²) in [6.45, 7) is 1.62. The molecule has 10 nitrogen and oxygen atoms in total. The van der Waals surface area contributed by atoms with Crippen molar-refractivity contribution in [1.29, 1.82) is 0 Å². The number of aromatic nitrogens is 5. The van der Waals surface area contributed by atoms with Gasteiger partial charge in [-0.25, -0.2) is 9.50 Å². The summed E-state index contributed by atoms with van der Waals surface area (Å²) in [5.41, 5.74) is 2.40. The summed E-state index contributed by atoms with van der Waals surface area (Å²) in [4.78, 5) is 31.3. The minimum atomic E-state index is -0.270. The molecular weight excluding hydrogens is 458 g/mol. The van der Waals surface area contributed by atoms with E-state index in [4.69, 9.17) is 9.84 Å². The summed E-state index contributed by atoms with van der Waals surface area (Å²) in [5, 5.41) is 12.9. The monoisotopic (exact) mass is 487 g/mol. The Morgan fingerprint density at radius 3 is 2.69 bits per heavy atom. The first kappa shape index (κ1) is 22.5. The van der Waals surface area contributed by atoms with Gasteiger partial charge in [0.05, 0.1) is 29.4 Å². The molecule has 0 spiro atoms. The second kappa shape index (κ2) is 8.92. The van der Waals surface area contributed by atoms with Gasteiger partial charge in [-0.15, -0.1) is 0 Å². The summed E-state index contributed by atoms with van der Waals surface area (Å²) in [6, 6.07) is 6.08. The first-order chi connectivity index (χ1) is 17.5. The normalized spacial score (nSPS) is 19.9. The van der Waals surface area contributed by atoms with Gasteiger partial charge in [0.15, 0.2) is 5.65 Å². The predicted octanol–water partition coefficient (Wildman–Crippen LogP) is 3.83. The van der Waals surface area contributed by atoms with Crippen LogP contribution in [-0.2, 0) is 4.79 Å². The molecule has 0 unspecified atom stereocenters. The smallest absolute Gasteiger partial charge is 0.259 e. The zero-order valence-corrected chi connectivity index (χ0v) is 20.4. The third-order valence-corrected chi connectivity index (χ3v) is 7.30. The van der Waals surface area contributed by atoms with Crippen LogP contribution in [0.25, 0.3) is 16.6 Å². The van der Waals surface area contributed by atoms with Crippen molar-refractivity contribution in [3.8, 4) is 5.75 Å². The predicted molar refractivity (Wildman–Crippen MR) is 134 cm³/mol. The SMILES string of the molecule is CC(=O)N(C)C1CCC(n2cc3cc(C(=O)Nc4cnn5cccnc45)c(OC4CC4)cc3n2)CC1. The molecule has 3 aromatic heterocycles. The Kier molecular flexibility index (Phi) is 5.58. The van der Waals surface area contributed by atoms with E-state index >= 15 is 0 Å². The van der Waals surface area contributed by atoms with Crippen molar-refractivity contribution in [1.82, 2.24) is 29.3 Å². The highest BCUT2D eigenvalue weighted by atomic mass is 16.5. The molecule has 6 rings (SSSR count). The molecule has 1 aromatic carbocycles. The fourth-order valence-corrected chi connectivity index (χ4v) is 4.97. The van der Waals surface area contributed by atoms with Gasteiger partial charge in [0, 0.05) is 50.1 Å². The number of hydrogen-bond donors (Lipinski definition) is 1. The standard InChI is InChI=1S/C26H29N7O3/c1-16(34)31(2)18-4-6-19(7-5-18)33-15-17-12-21(24(13-22(17)30-33)36-20-8-9-20)26(35)29-23-14-28-32-11-3-10-27-25(23)32/h3,10-15,18-20H,4-9H2,1-2H3,(H,29,35). The van der Waals surface area contributed by atoms with E-state index in [1.165, 1.54) is 0 Å². The third kappa shape index (κ3) is 4.27. The maximum absolute atomic E-state index is 13.4. The van der Waals surface area contributed by atoms with Crippen LogP contribution in [0.1, 0.15) is 61.8 Å². The highest BCUT2D eigenvalue weighted by Crippen LogP contribution is 2.35. The topological polar surface area (TPSA) is 107 Å². The summed E-state index contributed by atoms with van der Waals surface area (Å²) < 4.78 is 9.76. The number of fused-ring (bicyclic) bond motifs is 2. The molecule has 0 bridgehead atoms. The number of ether oxygens (including phenoxy) is 1. The lowest BCUT2D eigenvalue weighted by Gasteiger charge is -2.34. The van der Waals surface area contributed by atoms with Crippen LogP contribution in [0.15, 0.2) is 43.0 Å². The molecule has 2 fully saturated rings. The molecule has 2 aliphatic carbocycles. The molecule has 2 saturated carbocycles. The Morgan fingerprint density at radius 1 is 1.14 bits per heavy atom. The first-order valence-corrected chi connectivity index (χ1v) is 12.5. The number of hydrogen-bond acceptors (Lipinski definition) is 6. The van der Waals surface area contributed by atoms with E-state index in [1.54, 1.807) is 36.1 Å². The quantitative estimate of drug-likeness (QED) is 0.443. The molecular formula is C26H29N7O3. The van der Waals surface area contributed by atoms with Crippen LogP contribution in [-0.4, -0.2) is 60.3 Å². The molecule has 2 aliphatic rings. The lowest BCUT2D eigenvalue weighted by molar-refractivity contribution is -0.130. The van der Waals surface area contributed by atoms with E-state index in [9.17, 15) is 9.59 Å². The number of carbonyl (C=O) groups is 2. The van der Waals surface area contributed by atoms with Crippen LogP contribution in [0.3, 0.4) is 0 Å². The van der Waals surface area contributed by atoms with Crippen molar-refractivity contribution >= 4 is 34.1 Å². The number of carbonyl (C=O) groups excluding carboxylic acids is 2.